The van der Waals surface area contributed by atoms with E-state index in [-0.39, 0.29) is 17.1 Å². The minimum Gasteiger partial charge on any atom is -0.478 e. The lowest BCUT2D eigenvalue weighted by molar-refractivity contribution is -0.0837. The van der Waals surface area contributed by atoms with Crippen LogP contribution < -0.4 is 0 Å². The molecule has 96 valence electrons. The Hall–Kier alpha value is -1.41. The van der Waals surface area contributed by atoms with Crippen molar-refractivity contribution in [3.8, 4) is 0 Å². The van der Waals surface area contributed by atoms with Crippen molar-refractivity contribution in [3.63, 3.8) is 0 Å². The second-order valence-electron chi connectivity index (χ2n) is 3.61. The summed E-state index contributed by atoms with van der Waals surface area (Å²) in [7, 11) is 0. The monoisotopic (exact) mass is 246 g/mol. The van der Waals surface area contributed by atoms with Gasteiger partial charge in [0.1, 0.15) is 35.4 Å². The number of aliphatic hydroxyl groups is 4. The largest absolute Gasteiger partial charge is 0.478 e. The molecule has 3 atom stereocenters. The third kappa shape index (κ3) is 2.83. The van der Waals surface area contributed by atoms with E-state index in [2.05, 4.69) is 0 Å². The van der Waals surface area contributed by atoms with Crippen molar-refractivity contribution in [3.05, 3.63) is 23.2 Å². The summed E-state index contributed by atoms with van der Waals surface area (Å²) in [6, 6.07) is 1.07. The smallest absolute Gasteiger partial charge is 0.339 e. The summed E-state index contributed by atoms with van der Waals surface area (Å²) in [6.45, 7) is 0.665. The second-order valence-corrected chi connectivity index (χ2v) is 3.61. The van der Waals surface area contributed by atoms with Crippen LogP contribution in [0.3, 0.4) is 0 Å². The third-order valence-electron chi connectivity index (χ3n) is 2.36. The maximum atomic E-state index is 10.7. The van der Waals surface area contributed by atoms with Gasteiger partial charge in [0.05, 0.1) is 6.61 Å². The van der Waals surface area contributed by atoms with E-state index in [1.165, 1.54) is 6.92 Å². The summed E-state index contributed by atoms with van der Waals surface area (Å²) < 4.78 is 4.97. The lowest BCUT2D eigenvalue weighted by Crippen LogP contribution is -2.34. The van der Waals surface area contributed by atoms with E-state index < -0.39 is 30.9 Å². The number of aromatic carboxylic acids is 1. The van der Waals surface area contributed by atoms with Gasteiger partial charge in [0, 0.05) is 0 Å². The molecule has 0 aliphatic carbocycles. The van der Waals surface area contributed by atoms with E-state index in [1.54, 1.807) is 0 Å². The quantitative estimate of drug-likeness (QED) is 0.451. The van der Waals surface area contributed by atoms with Crippen molar-refractivity contribution in [2.45, 2.75) is 25.2 Å². The molecule has 1 rings (SSSR count). The molecule has 17 heavy (non-hydrogen) atoms. The second kappa shape index (κ2) is 5.28. The number of rotatable bonds is 5. The molecule has 0 saturated heterocycles. The highest BCUT2D eigenvalue weighted by Gasteiger charge is 2.29. The van der Waals surface area contributed by atoms with Gasteiger partial charge in [-0.2, -0.15) is 0 Å². The first kappa shape index (κ1) is 13.7. The molecular weight excluding hydrogens is 232 g/mol. The number of carboxylic acid groups (broad SMARTS) is 1. The molecule has 0 unspecified atom stereocenters. The van der Waals surface area contributed by atoms with Gasteiger partial charge < -0.3 is 29.9 Å². The zero-order valence-electron chi connectivity index (χ0n) is 9.07. The van der Waals surface area contributed by atoms with E-state index in [9.17, 15) is 15.0 Å². The van der Waals surface area contributed by atoms with E-state index >= 15 is 0 Å². The van der Waals surface area contributed by atoms with Crippen LogP contribution in [0.25, 0.3) is 0 Å². The highest BCUT2D eigenvalue weighted by atomic mass is 16.4. The molecule has 0 aliphatic heterocycles. The molecule has 0 aromatic carbocycles. The zero-order chi connectivity index (χ0) is 13.2. The summed E-state index contributed by atoms with van der Waals surface area (Å²) in [5.74, 6) is -1.32. The Morgan fingerprint density at radius 2 is 2.00 bits per heavy atom. The molecule has 1 heterocycles. The number of furan rings is 1. The van der Waals surface area contributed by atoms with Crippen LogP contribution >= 0.6 is 0 Å². The van der Waals surface area contributed by atoms with Gasteiger partial charge in [-0.25, -0.2) is 4.79 Å². The lowest BCUT2D eigenvalue weighted by atomic mass is 10.1. The molecule has 7 nitrogen and oxygen atoms in total. The van der Waals surface area contributed by atoms with Crippen molar-refractivity contribution in [2.24, 2.45) is 0 Å². The molecular formula is C10H14O7. The number of hydrogen-bond donors (Lipinski definition) is 5. The van der Waals surface area contributed by atoms with Crippen molar-refractivity contribution in [1.82, 2.24) is 0 Å². The molecule has 0 aliphatic rings. The maximum absolute atomic E-state index is 10.7. The van der Waals surface area contributed by atoms with Crippen molar-refractivity contribution < 1.29 is 34.7 Å². The topological polar surface area (TPSA) is 131 Å². The van der Waals surface area contributed by atoms with Gasteiger partial charge in [-0.1, -0.05) is 0 Å². The Bertz CT molecular complexity index is 397. The minimum atomic E-state index is -1.66. The average molecular weight is 246 g/mol. The van der Waals surface area contributed by atoms with Gasteiger partial charge in [0.15, 0.2) is 0 Å². The third-order valence-corrected chi connectivity index (χ3v) is 2.36. The first-order valence-corrected chi connectivity index (χ1v) is 4.87. The molecule has 0 saturated carbocycles. The molecule has 0 spiro atoms. The number of hydrogen-bond acceptors (Lipinski definition) is 6. The van der Waals surface area contributed by atoms with Crippen LogP contribution in [0.2, 0.25) is 0 Å². The maximum Gasteiger partial charge on any atom is 0.339 e. The molecule has 5 N–H and O–H groups in total. The molecule has 0 radical (unpaired) electrons. The van der Waals surface area contributed by atoms with Crippen LogP contribution in [0.4, 0.5) is 0 Å². The highest BCUT2D eigenvalue weighted by molar-refractivity contribution is 5.88. The fourth-order valence-electron chi connectivity index (χ4n) is 1.35. The summed E-state index contributed by atoms with van der Waals surface area (Å²) >= 11 is 0. The number of aliphatic hydroxyl groups excluding tert-OH is 4. The highest BCUT2D eigenvalue weighted by Crippen LogP contribution is 2.24. The van der Waals surface area contributed by atoms with Crippen molar-refractivity contribution in [2.75, 3.05) is 6.61 Å². The predicted octanol–water partition coefficient (Wildman–Crippen LogP) is -0.966. The Morgan fingerprint density at radius 1 is 1.41 bits per heavy atom. The Labute approximate surface area is 96.5 Å². The van der Waals surface area contributed by atoms with Gasteiger partial charge in [0.2, 0.25) is 0 Å². The number of carbonyl (C=O) groups is 1. The van der Waals surface area contributed by atoms with E-state index in [1.807, 2.05) is 0 Å². The first-order valence-electron chi connectivity index (χ1n) is 4.87. The Balaban J connectivity index is 2.93. The van der Waals surface area contributed by atoms with Crippen LogP contribution in [0.15, 0.2) is 10.5 Å². The Morgan fingerprint density at radius 3 is 2.41 bits per heavy atom. The summed E-state index contributed by atoms with van der Waals surface area (Å²) in [6.07, 6.45) is -4.81. The SMILES string of the molecule is Cc1oc([C@H](O)[C@@H](O)[C@H](O)CO)cc1C(=O)O. The fourth-order valence-corrected chi connectivity index (χ4v) is 1.35. The molecule has 1 aromatic heterocycles. The Kier molecular flexibility index (Phi) is 4.24. The zero-order valence-corrected chi connectivity index (χ0v) is 9.07. The number of carboxylic acids is 1. The van der Waals surface area contributed by atoms with Gasteiger partial charge in [0.25, 0.3) is 0 Å². The van der Waals surface area contributed by atoms with E-state index in [0.717, 1.165) is 6.07 Å². The standard InChI is InChI=1S/C10H14O7/c1-4-5(10(15)16)2-7(17-4)9(14)8(13)6(12)3-11/h2,6,8-9,11-14H,3H2,1H3,(H,15,16)/t6-,8+,9+/m1/s1. The summed E-state index contributed by atoms with van der Waals surface area (Å²) in [5.41, 5.74) is -0.135. The van der Waals surface area contributed by atoms with Crippen LogP contribution in [0.1, 0.15) is 28.0 Å². The van der Waals surface area contributed by atoms with Crippen LogP contribution in [0, 0.1) is 6.92 Å². The molecule has 0 fully saturated rings. The average Bonchev–Trinajstić information content (AvgIpc) is 2.68. The first-order chi connectivity index (χ1) is 7.88. The van der Waals surface area contributed by atoms with Crippen molar-refractivity contribution in [1.29, 1.82) is 0 Å². The fraction of sp³-hybridized carbons (Fsp3) is 0.500. The molecule has 7 heteroatoms. The van der Waals surface area contributed by atoms with E-state index in [4.69, 9.17) is 19.7 Å². The predicted molar refractivity (Wildman–Crippen MR) is 54.5 cm³/mol. The molecule has 0 bridgehead atoms. The van der Waals surface area contributed by atoms with Gasteiger partial charge in [-0.05, 0) is 13.0 Å². The molecule has 1 aromatic rings. The van der Waals surface area contributed by atoms with Crippen LogP contribution in [-0.4, -0.2) is 50.3 Å². The van der Waals surface area contributed by atoms with Crippen LogP contribution in [-0.2, 0) is 0 Å². The number of aryl methyl sites for hydroxylation is 1. The van der Waals surface area contributed by atoms with Gasteiger partial charge >= 0.3 is 5.97 Å². The van der Waals surface area contributed by atoms with E-state index in [0.29, 0.717) is 0 Å². The summed E-state index contributed by atoms with van der Waals surface area (Å²) in [5, 5.41) is 45.5. The van der Waals surface area contributed by atoms with Gasteiger partial charge in [-0.3, -0.25) is 0 Å². The van der Waals surface area contributed by atoms with Crippen molar-refractivity contribution >= 4 is 5.97 Å². The normalized spacial score (nSPS) is 16.5. The lowest BCUT2D eigenvalue weighted by Gasteiger charge is -2.19. The molecule has 0 amide bonds. The summed E-state index contributed by atoms with van der Waals surface area (Å²) in [4.78, 5) is 10.7. The van der Waals surface area contributed by atoms with Gasteiger partial charge in [-0.15, -0.1) is 0 Å². The van der Waals surface area contributed by atoms with Crippen LogP contribution in [0.5, 0.6) is 0 Å². The minimum absolute atomic E-state index is 0.0808.